The van der Waals surface area contributed by atoms with Crippen LogP contribution >= 0.6 is 0 Å². The largest absolute Gasteiger partial charge is 0.354 e. The highest BCUT2D eigenvalue weighted by molar-refractivity contribution is 5.92. The lowest BCUT2D eigenvalue weighted by molar-refractivity contribution is 0.0958. The molecule has 4 heteroatoms. The van der Waals surface area contributed by atoms with Gasteiger partial charge in [0.2, 0.25) is 0 Å². The van der Waals surface area contributed by atoms with E-state index in [9.17, 15) is 4.79 Å². The number of hydrogen-bond donors (Lipinski definition) is 2. The molecule has 0 saturated heterocycles. The number of hydrogen-bond acceptors (Lipinski definition) is 3. The van der Waals surface area contributed by atoms with E-state index in [4.69, 9.17) is 0 Å². The van der Waals surface area contributed by atoms with E-state index < -0.39 is 0 Å². The monoisotopic (exact) mass is 247 g/mol. The predicted octanol–water partition coefficient (Wildman–Crippen LogP) is 1.52. The Morgan fingerprint density at radius 2 is 2.22 bits per heavy atom. The van der Waals surface area contributed by atoms with E-state index in [0.717, 1.165) is 18.5 Å². The Labute approximate surface area is 108 Å². The first-order valence-corrected chi connectivity index (χ1v) is 6.70. The van der Waals surface area contributed by atoms with Crippen LogP contribution in [-0.2, 0) is 6.42 Å². The zero-order valence-electron chi connectivity index (χ0n) is 10.9. The second-order valence-electron chi connectivity index (χ2n) is 4.81. The van der Waals surface area contributed by atoms with Gasteiger partial charge in [-0.1, -0.05) is 12.8 Å². The Balaban J connectivity index is 1.83. The second-order valence-corrected chi connectivity index (χ2v) is 4.81. The van der Waals surface area contributed by atoms with Gasteiger partial charge in [-0.25, -0.2) is 0 Å². The van der Waals surface area contributed by atoms with Gasteiger partial charge in [-0.15, -0.1) is 0 Å². The lowest BCUT2D eigenvalue weighted by Gasteiger charge is -2.11. The maximum absolute atomic E-state index is 11.5. The zero-order valence-corrected chi connectivity index (χ0v) is 10.9. The fraction of sp³-hybridized carbons (Fsp3) is 0.571. The van der Waals surface area contributed by atoms with Crippen LogP contribution in [0, 0.1) is 0 Å². The molecule has 98 valence electrons. The normalized spacial score (nSPS) is 15.8. The van der Waals surface area contributed by atoms with Crippen molar-refractivity contribution >= 4 is 5.91 Å². The molecule has 0 unspecified atom stereocenters. The summed E-state index contributed by atoms with van der Waals surface area (Å²) in [6.45, 7) is 0.974. The molecule has 0 aliphatic heterocycles. The maximum atomic E-state index is 11.5. The summed E-state index contributed by atoms with van der Waals surface area (Å²) in [5.74, 6) is -0.124. The number of rotatable bonds is 5. The molecule has 0 radical (unpaired) electrons. The fourth-order valence-electron chi connectivity index (χ4n) is 2.43. The summed E-state index contributed by atoms with van der Waals surface area (Å²) in [6, 6.07) is 4.54. The summed E-state index contributed by atoms with van der Waals surface area (Å²) in [5.41, 5.74) is 1.66. The number of aromatic nitrogens is 1. The summed E-state index contributed by atoms with van der Waals surface area (Å²) in [5, 5.41) is 6.16. The first-order chi connectivity index (χ1) is 8.79. The SMILES string of the molecule is CNC(=O)c1cc(CCNC2CCCC2)ccn1. The van der Waals surface area contributed by atoms with Crippen LogP contribution in [0.1, 0.15) is 41.7 Å². The van der Waals surface area contributed by atoms with Gasteiger partial charge in [0.05, 0.1) is 0 Å². The number of amides is 1. The lowest BCUT2D eigenvalue weighted by Crippen LogP contribution is -2.28. The molecule has 4 nitrogen and oxygen atoms in total. The van der Waals surface area contributed by atoms with Crippen molar-refractivity contribution in [2.24, 2.45) is 0 Å². The minimum atomic E-state index is -0.124. The van der Waals surface area contributed by atoms with Gasteiger partial charge >= 0.3 is 0 Å². The topological polar surface area (TPSA) is 54.0 Å². The van der Waals surface area contributed by atoms with E-state index >= 15 is 0 Å². The van der Waals surface area contributed by atoms with Crippen LogP contribution in [-0.4, -0.2) is 30.5 Å². The molecule has 1 fully saturated rings. The first kappa shape index (κ1) is 13.0. The molecule has 1 aliphatic rings. The van der Waals surface area contributed by atoms with E-state index in [0.29, 0.717) is 11.7 Å². The third kappa shape index (κ3) is 3.53. The predicted molar refractivity (Wildman–Crippen MR) is 71.6 cm³/mol. The number of pyridine rings is 1. The van der Waals surface area contributed by atoms with Gasteiger partial charge in [-0.2, -0.15) is 0 Å². The summed E-state index contributed by atoms with van der Waals surface area (Å²) in [6.07, 6.45) is 7.97. The molecule has 2 N–H and O–H groups in total. The number of nitrogens with zero attached hydrogens (tertiary/aromatic N) is 1. The van der Waals surface area contributed by atoms with E-state index in [1.54, 1.807) is 13.2 Å². The number of carbonyl (C=O) groups is 1. The average Bonchev–Trinajstić information content (AvgIpc) is 2.91. The van der Waals surface area contributed by atoms with Crippen molar-refractivity contribution in [2.45, 2.75) is 38.1 Å². The van der Waals surface area contributed by atoms with Crippen LogP contribution in [0.15, 0.2) is 18.3 Å². The summed E-state index contributed by atoms with van der Waals surface area (Å²) in [7, 11) is 1.62. The van der Waals surface area contributed by atoms with Gasteiger partial charge in [-0.3, -0.25) is 9.78 Å². The first-order valence-electron chi connectivity index (χ1n) is 6.70. The van der Waals surface area contributed by atoms with Crippen LogP contribution in [0.5, 0.6) is 0 Å². The average molecular weight is 247 g/mol. The Hall–Kier alpha value is -1.42. The molecule has 2 rings (SSSR count). The number of nitrogens with one attached hydrogen (secondary N) is 2. The lowest BCUT2D eigenvalue weighted by atomic mass is 10.1. The van der Waals surface area contributed by atoms with Crippen molar-refractivity contribution < 1.29 is 4.79 Å². The van der Waals surface area contributed by atoms with Crippen molar-refractivity contribution in [3.63, 3.8) is 0 Å². The minimum Gasteiger partial charge on any atom is -0.354 e. The molecule has 1 aromatic rings. The van der Waals surface area contributed by atoms with E-state index in [-0.39, 0.29) is 5.91 Å². The molecule has 1 amide bonds. The van der Waals surface area contributed by atoms with Crippen molar-refractivity contribution in [3.05, 3.63) is 29.6 Å². The van der Waals surface area contributed by atoms with Crippen molar-refractivity contribution in [3.8, 4) is 0 Å². The van der Waals surface area contributed by atoms with Gasteiger partial charge in [0.1, 0.15) is 5.69 Å². The summed E-state index contributed by atoms with van der Waals surface area (Å²) >= 11 is 0. The van der Waals surface area contributed by atoms with E-state index in [1.165, 1.54) is 25.7 Å². The van der Waals surface area contributed by atoms with Gasteiger partial charge < -0.3 is 10.6 Å². The molecule has 0 aromatic carbocycles. The summed E-state index contributed by atoms with van der Waals surface area (Å²) in [4.78, 5) is 15.5. The highest BCUT2D eigenvalue weighted by Gasteiger charge is 2.13. The van der Waals surface area contributed by atoms with Crippen LogP contribution in [0.4, 0.5) is 0 Å². The molecule has 18 heavy (non-hydrogen) atoms. The standard InChI is InChI=1S/C14H21N3O/c1-15-14(18)13-10-11(7-9-17-13)6-8-16-12-4-2-3-5-12/h7,9-10,12,16H,2-6,8H2,1H3,(H,15,18). The molecule has 1 aromatic heterocycles. The van der Waals surface area contributed by atoms with Gasteiger partial charge in [-0.05, 0) is 43.5 Å². The smallest absolute Gasteiger partial charge is 0.269 e. The third-order valence-electron chi connectivity index (χ3n) is 3.49. The molecule has 1 heterocycles. The zero-order chi connectivity index (χ0) is 12.8. The van der Waals surface area contributed by atoms with Crippen molar-refractivity contribution in [2.75, 3.05) is 13.6 Å². The Kier molecular flexibility index (Phi) is 4.70. The molecule has 0 spiro atoms. The molecular weight excluding hydrogens is 226 g/mol. The number of carbonyl (C=O) groups excluding carboxylic acids is 1. The van der Waals surface area contributed by atoms with E-state index in [2.05, 4.69) is 15.6 Å². The van der Waals surface area contributed by atoms with Crippen molar-refractivity contribution in [1.82, 2.24) is 15.6 Å². The third-order valence-corrected chi connectivity index (χ3v) is 3.49. The highest BCUT2D eigenvalue weighted by atomic mass is 16.1. The van der Waals surface area contributed by atoms with Crippen LogP contribution in [0.2, 0.25) is 0 Å². The summed E-state index contributed by atoms with van der Waals surface area (Å²) < 4.78 is 0. The van der Waals surface area contributed by atoms with Gasteiger partial charge in [0, 0.05) is 19.3 Å². The molecule has 1 saturated carbocycles. The quantitative estimate of drug-likeness (QED) is 0.829. The van der Waals surface area contributed by atoms with Crippen LogP contribution < -0.4 is 10.6 Å². The molecular formula is C14H21N3O. The van der Waals surface area contributed by atoms with Gasteiger partial charge in [0.25, 0.3) is 5.91 Å². The fourth-order valence-corrected chi connectivity index (χ4v) is 2.43. The van der Waals surface area contributed by atoms with Gasteiger partial charge in [0.15, 0.2) is 0 Å². The Bertz CT molecular complexity index is 400. The van der Waals surface area contributed by atoms with E-state index in [1.807, 2.05) is 12.1 Å². The van der Waals surface area contributed by atoms with Crippen LogP contribution in [0.25, 0.3) is 0 Å². The molecule has 0 atom stereocenters. The maximum Gasteiger partial charge on any atom is 0.269 e. The van der Waals surface area contributed by atoms with Crippen molar-refractivity contribution in [1.29, 1.82) is 0 Å². The minimum absolute atomic E-state index is 0.124. The second kappa shape index (κ2) is 6.50. The molecule has 1 aliphatic carbocycles. The highest BCUT2D eigenvalue weighted by Crippen LogP contribution is 2.17. The molecule has 0 bridgehead atoms. The van der Waals surface area contributed by atoms with Crippen LogP contribution in [0.3, 0.4) is 0 Å². The Morgan fingerprint density at radius 1 is 1.44 bits per heavy atom. The Morgan fingerprint density at radius 3 is 2.94 bits per heavy atom.